The summed E-state index contributed by atoms with van der Waals surface area (Å²) in [5, 5.41) is 7.08. The van der Waals surface area contributed by atoms with E-state index in [2.05, 4.69) is 10.6 Å². The number of methoxy groups -OCH3 is 1. The Balaban J connectivity index is 1.76. The summed E-state index contributed by atoms with van der Waals surface area (Å²) in [7, 11) is -1.98. The Morgan fingerprint density at radius 1 is 1.26 bits per heavy atom. The van der Waals surface area contributed by atoms with Crippen LogP contribution in [-0.2, 0) is 10.0 Å². The van der Waals surface area contributed by atoms with Crippen LogP contribution in [0.25, 0.3) is 0 Å². The van der Waals surface area contributed by atoms with E-state index in [-0.39, 0.29) is 4.90 Å². The first kappa shape index (κ1) is 20.4. The van der Waals surface area contributed by atoms with Crippen LogP contribution in [-0.4, -0.2) is 44.1 Å². The van der Waals surface area contributed by atoms with Crippen molar-refractivity contribution in [2.75, 3.05) is 25.5 Å². The molecule has 2 aliphatic carbocycles. The first-order chi connectivity index (χ1) is 12.9. The standard InChI is InChI=1S/C19H29N3O3S2/c1-4-22(5-2)27(23,24)15-8-9-18(25-3)17(12-15)21-19(26)20-16-11-13-6-7-14(16)10-13/h8-9,12-14,16H,4-7,10-11H2,1-3H3,(H2,20,21,26). The van der Waals surface area contributed by atoms with Crippen molar-refractivity contribution < 1.29 is 13.2 Å². The first-order valence-electron chi connectivity index (χ1n) is 9.64. The van der Waals surface area contributed by atoms with Gasteiger partial charge in [0.2, 0.25) is 10.0 Å². The molecule has 0 aromatic heterocycles. The highest BCUT2D eigenvalue weighted by atomic mass is 32.2. The first-order valence-corrected chi connectivity index (χ1v) is 11.5. The zero-order valence-electron chi connectivity index (χ0n) is 16.2. The number of anilines is 1. The number of ether oxygens (including phenoxy) is 1. The lowest BCUT2D eigenvalue weighted by atomic mass is 9.96. The summed E-state index contributed by atoms with van der Waals surface area (Å²) in [4.78, 5) is 0.234. The van der Waals surface area contributed by atoms with E-state index in [0.29, 0.717) is 41.6 Å². The van der Waals surface area contributed by atoms with E-state index in [9.17, 15) is 8.42 Å². The normalized spacial score (nSPS) is 24.2. The van der Waals surface area contributed by atoms with Gasteiger partial charge < -0.3 is 15.4 Å². The number of benzene rings is 1. The molecule has 2 fully saturated rings. The Morgan fingerprint density at radius 3 is 2.56 bits per heavy atom. The van der Waals surface area contributed by atoms with Gasteiger partial charge in [-0.3, -0.25) is 0 Å². The van der Waals surface area contributed by atoms with Crippen molar-refractivity contribution in [3.8, 4) is 5.75 Å². The minimum Gasteiger partial charge on any atom is -0.495 e. The maximum Gasteiger partial charge on any atom is 0.243 e. The van der Waals surface area contributed by atoms with Crippen LogP contribution in [0.4, 0.5) is 5.69 Å². The van der Waals surface area contributed by atoms with Gasteiger partial charge >= 0.3 is 0 Å². The average molecular weight is 412 g/mol. The van der Waals surface area contributed by atoms with Crippen molar-refractivity contribution in [2.24, 2.45) is 11.8 Å². The molecule has 2 aliphatic rings. The predicted octanol–water partition coefficient (Wildman–Crippen LogP) is 3.20. The lowest BCUT2D eigenvalue weighted by molar-refractivity contribution is 0.391. The van der Waals surface area contributed by atoms with Crippen molar-refractivity contribution in [1.29, 1.82) is 0 Å². The lowest BCUT2D eigenvalue weighted by Crippen LogP contribution is -2.40. The average Bonchev–Trinajstić information content (AvgIpc) is 3.25. The Morgan fingerprint density at radius 2 is 2.00 bits per heavy atom. The van der Waals surface area contributed by atoms with E-state index in [1.165, 1.54) is 30.0 Å². The van der Waals surface area contributed by atoms with Crippen LogP contribution in [0.15, 0.2) is 23.1 Å². The molecule has 0 aliphatic heterocycles. The molecule has 2 saturated carbocycles. The molecule has 6 nitrogen and oxygen atoms in total. The van der Waals surface area contributed by atoms with Crippen LogP contribution in [0.5, 0.6) is 5.75 Å². The minimum absolute atomic E-state index is 0.234. The molecule has 3 rings (SSSR count). The Hall–Kier alpha value is -1.38. The zero-order chi connectivity index (χ0) is 19.6. The van der Waals surface area contributed by atoms with Crippen molar-refractivity contribution in [1.82, 2.24) is 9.62 Å². The maximum absolute atomic E-state index is 12.8. The molecule has 3 atom stereocenters. The lowest BCUT2D eigenvalue weighted by Gasteiger charge is -2.25. The molecule has 8 heteroatoms. The third-order valence-electron chi connectivity index (χ3n) is 5.82. The summed E-state index contributed by atoms with van der Waals surface area (Å²) < 4.78 is 32.4. The predicted molar refractivity (Wildman–Crippen MR) is 112 cm³/mol. The fourth-order valence-corrected chi connectivity index (χ4v) is 6.15. The highest BCUT2D eigenvalue weighted by Gasteiger charge is 2.39. The SMILES string of the molecule is CCN(CC)S(=O)(=O)c1ccc(OC)c(NC(=S)NC2CC3CCC2C3)c1. The minimum atomic E-state index is -3.54. The van der Waals surface area contributed by atoms with Crippen LogP contribution in [0.3, 0.4) is 0 Å². The molecule has 1 aromatic carbocycles. The summed E-state index contributed by atoms with van der Waals surface area (Å²) in [6.45, 7) is 4.52. The molecule has 0 amide bonds. The number of nitrogens with one attached hydrogen (secondary N) is 2. The molecule has 27 heavy (non-hydrogen) atoms. The molecule has 0 heterocycles. The third kappa shape index (κ3) is 4.22. The Bertz CT molecular complexity index is 793. The van der Waals surface area contributed by atoms with Gasteiger partial charge in [-0.25, -0.2) is 8.42 Å². The van der Waals surface area contributed by atoms with E-state index in [0.717, 1.165) is 5.92 Å². The Kier molecular flexibility index (Phi) is 6.28. The van der Waals surface area contributed by atoms with Gasteiger partial charge in [0.05, 0.1) is 17.7 Å². The van der Waals surface area contributed by atoms with Gasteiger partial charge in [-0.15, -0.1) is 0 Å². The quantitative estimate of drug-likeness (QED) is 0.672. The van der Waals surface area contributed by atoms with E-state index >= 15 is 0 Å². The molecular weight excluding hydrogens is 382 g/mol. The molecular formula is C19H29N3O3S2. The summed E-state index contributed by atoms with van der Waals surface area (Å²) in [5.74, 6) is 2.09. The number of rotatable bonds is 7. The fraction of sp³-hybridized carbons (Fsp3) is 0.632. The molecule has 2 N–H and O–H groups in total. The fourth-order valence-electron chi connectivity index (χ4n) is 4.41. The number of hydrogen-bond donors (Lipinski definition) is 2. The van der Waals surface area contributed by atoms with Crippen LogP contribution in [0.2, 0.25) is 0 Å². The molecule has 1 aromatic rings. The second-order valence-corrected chi connectivity index (χ2v) is 9.68. The topological polar surface area (TPSA) is 70.7 Å². The molecule has 150 valence electrons. The van der Waals surface area contributed by atoms with Gasteiger partial charge in [0, 0.05) is 19.1 Å². The van der Waals surface area contributed by atoms with Crippen molar-refractivity contribution in [3.63, 3.8) is 0 Å². The smallest absolute Gasteiger partial charge is 0.243 e. The van der Waals surface area contributed by atoms with Crippen LogP contribution >= 0.6 is 12.2 Å². The third-order valence-corrected chi connectivity index (χ3v) is 8.08. The monoisotopic (exact) mass is 411 g/mol. The van der Waals surface area contributed by atoms with Gasteiger partial charge in [0.15, 0.2) is 5.11 Å². The number of hydrogen-bond acceptors (Lipinski definition) is 4. The molecule has 0 saturated heterocycles. The highest BCUT2D eigenvalue weighted by Crippen LogP contribution is 2.44. The van der Waals surface area contributed by atoms with E-state index in [1.807, 2.05) is 13.8 Å². The summed E-state index contributed by atoms with van der Waals surface area (Å²) in [6, 6.07) is 5.25. The molecule has 0 radical (unpaired) electrons. The number of fused-ring (bicyclic) bond motifs is 2. The van der Waals surface area contributed by atoms with Crippen LogP contribution in [0.1, 0.15) is 39.5 Å². The second kappa shape index (κ2) is 8.32. The highest BCUT2D eigenvalue weighted by molar-refractivity contribution is 7.89. The molecule has 0 spiro atoms. The summed E-state index contributed by atoms with van der Waals surface area (Å²) in [6.07, 6.45) is 5.06. The van der Waals surface area contributed by atoms with Crippen molar-refractivity contribution in [3.05, 3.63) is 18.2 Å². The number of sulfonamides is 1. The number of thiocarbonyl (C=S) groups is 1. The van der Waals surface area contributed by atoms with Gasteiger partial charge in [0.25, 0.3) is 0 Å². The molecule has 3 unspecified atom stereocenters. The largest absolute Gasteiger partial charge is 0.495 e. The summed E-state index contributed by atoms with van der Waals surface area (Å²) >= 11 is 5.49. The van der Waals surface area contributed by atoms with Gasteiger partial charge in [0.1, 0.15) is 5.75 Å². The number of nitrogens with zero attached hydrogens (tertiary/aromatic N) is 1. The van der Waals surface area contributed by atoms with Gasteiger partial charge in [-0.1, -0.05) is 20.3 Å². The Labute approximate surface area is 167 Å². The van der Waals surface area contributed by atoms with Gasteiger partial charge in [-0.2, -0.15) is 4.31 Å². The van der Waals surface area contributed by atoms with Gasteiger partial charge in [-0.05, 0) is 61.5 Å². The van der Waals surface area contributed by atoms with Crippen molar-refractivity contribution >= 4 is 33.0 Å². The maximum atomic E-state index is 12.8. The van der Waals surface area contributed by atoms with Crippen LogP contribution in [0, 0.1) is 11.8 Å². The zero-order valence-corrected chi connectivity index (χ0v) is 17.8. The molecule has 2 bridgehead atoms. The summed E-state index contributed by atoms with van der Waals surface area (Å²) in [5.41, 5.74) is 0.561. The van der Waals surface area contributed by atoms with E-state index in [1.54, 1.807) is 25.3 Å². The van der Waals surface area contributed by atoms with E-state index < -0.39 is 10.0 Å². The van der Waals surface area contributed by atoms with E-state index in [4.69, 9.17) is 17.0 Å². The van der Waals surface area contributed by atoms with Crippen LogP contribution < -0.4 is 15.4 Å². The second-order valence-electron chi connectivity index (χ2n) is 7.33. The van der Waals surface area contributed by atoms with Crippen molar-refractivity contribution in [2.45, 2.75) is 50.5 Å².